The summed E-state index contributed by atoms with van der Waals surface area (Å²) in [5.74, 6) is -1.19. The largest absolute Gasteiger partial charge is 0.478 e. The highest BCUT2D eigenvalue weighted by molar-refractivity contribution is 9.10. The summed E-state index contributed by atoms with van der Waals surface area (Å²) in [7, 11) is -3.84. The summed E-state index contributed by atoms with van der Waals surface area (Å²) in [6.07, 6.45) is 0.450. The second kappa shape index (κ2) is 6.87. The average molecular weight is 380 g/mol. The normalized spacial score (nSPS) is 12.4. The predicted octanol–water partition coefficient (Wildman–Crippen LogP) is 1.83. The molecule has 0 fully saturated rings. The van der Waals surface area contributed by atoms with Gasteiger partial charge in [0, 0.05) is 17.6 Å². The number of hydrogen-bond donors (Lipinski definition) is 3. The number of benzene rings is 1. The van der Waals surface area contributed by atoms with E-state index in [-0.39, 0.29) is 23.6 Å². The van der Waals surface area contributed by atoms with Gasteiger partial charge in [0.15, 0.2) is 0 Å². The number of hydrogen-bond acceptors (Lipinski definition) is 4. The molecule has 21 heavy (non-hydrogen) atoms. The van der Waals surface area contributed by atoms with Gasteiger partial charge in [-0.3, -0.25) is 0 Å². The van der Waals surface area contributed by atoms with Crippen LogP contribution in [0.2, 0.25) is 0 Å². The average Bonchev–Trinajstić information content (AvgIpc) is 2.36. The van der Waals surface area contributed by atoms with Crippen molar-refractivity contribution in [2.45, 2.75) is 25.2 Å². The Kier molecular flexibility index (Phi) is 5.92. The number of aromatic carboxylic acids is 1. The zero-order valence-electron chi connectivity index (χ0n) is 11.8. The third kappa shape index (κ3) is 5.06. The minimum Gasteiger partial charge on any atom is -0.478 e. The lowest BCUT2D eigenvalue weighted by atomic mass is 9.90. The second-order valence-electron chi connectivity index (χ2n) is 5.41. The maximum Gasteiger partial charge on any atom is 0.335 e. The van der Waals surface area contributed by atoms with Crippen LogP contribution in [0.25, 0.3) is 0 Å². The van der Waals surface area contributed by atoms with Crippen LogP contribution >= 0.6 is 15.9 Å². The fourth-order valence-corrected chi connectivity index (χ4v) is 3.83. The predicted molar refractivity (Wildman–Crippen MR) is 81.8 cm³/mol. The summed E-state index contributed by atoms with van der Waals surface area (Å²) in [4.78, 5) is 10.8. The highest BCUT2D eigenvalue weighted by Crippen LogP contribution is 2.25. The Morgan fingerprint density at radius 1 is 1.38 bits per heavy atom. The molecule has 0 atom stereocenters. The van der Waals surface area contributed by atoms with Crippen LogP contribution in [0.4, 0.5) is 0 Å². The van der Waals surface area contributed by atoms with E-state index in [2.05, 4.69) is 20.7 Å². The number of nitrogens with one attached hydrogen (secondary N) is 1. The van der Waals surface area contributed by atoms with Crippen molar-refractivity contribution in [1.29, 1.82) is 0 Å². The van der Waals surface area contributed by atoms with E-state index in [1.807, 2.05) is 13.8 Å². The molecule has 0 bridgehead atoms. The van der Waals surface area contributed by atoms with Gasteiger partial charge in [0.1, 0.15) is 0 Å². The van der Waals surface area contributed by atoms with E-state index in [9.17, 15) is 13.2 Å². The van der Waals surface area contributed by atoms with Gasteiger partial charge in [0.25, 0.3) is 0 Å². The van der Waals surface area contributed by atoms with E-state index in [1.54, 1.807) is 0 Å². The van der Waals surface area contributed by atoms with Gasteiger partial charge < -0.3 is 10.2 Å². The van der Waals surface area contributed by atoms with Crippen LogP contribution in [0, 0.1) is 5.41 Å². The molecular formula is C13H18BrNO5S. The van der Waals surface area contributed by atoms with E-state index < -0.39 is 21.4 Å². The van der Waals surface area contributed by atoms with E-state index in [0.717, 1.165) is 6.07 Å². The van der Waals surface area contributed by atoms with E-state index >= 15 is 0 Å². The van der Waals surface area contributed by atoms with Crippen LogP contribution in [-0.2, 0) is 10.0 Å². The molecule has 3 N–H and O–H groups in total. The van der Waals surface area contributed by atoms with Gasteiger partial charge in [0.2, 0.25) is 10.0 Å². The van der Waals surface area contributed by atoms with Crippen molar-refractivity contribution in [2.24, 2.45) is 5.41 Å². The molecule has 0 aromatic heterocycles. The van der Waals surface area contributed by atoms with Crippen molar-refractivity contribution in [3.8, 4) is 0 Å². The van der Waals surface area contributed by atoms with Crippen molar-refractivity contribution in [3.05, 3.63) is 28.2 Å². The first-order valence-corrected chi connectivity index (χ1v) is 8.50. The molecule has 0 saturated heterocycles. The molecule has 0 heterocycles. The van der Waals surface area contributed by atoms with Gasteiger partial charge in [0.05, 0.1) is 10.5 Å². The maximum absolute atomic E-state index is 12.3. The van der Waals surface area contributed by atoms with Gasteiger partial charge in [-0.05, 0) is 46.0 Å². The highest BCUT2D eigenvalue weighted by atomic mass is 79.9. The SMILES string of the molecule is CC(C)(CCO)CNS(=O)(=O)c1cc(C(=O)O)ccc1Br. The van der Waals surface area contributed by atoms with Crippen LogP contribution in [-0.4, -0.2) is 37.8 Å². The van der Waals surface area contributed by atoms with Crippen LogP contribution in [0.1, 0.15) is 30.6 Å². The van der Waals surface area contributed by atoms with Crippen molar-refractivity contribution >= 4 is 31.9 Å². The molecular weight excluding hydrogens is 362 g/mol. The third-order valence-corrected chi connectivity index (χ3v) is 5.39. The number of rotatable bonds is 7. The number of halogens is 1. The molecule has 0 aliphatic rings. The zero-order chi connectivity index (χ0) is 16.3. The first-order valence-electron chi connectivity index (χ1n) is 6.22. The van der Waals surface area contributed by atoms with Crippen molar-refractivity contribution in [3.63, 3.8) is 0 Å². The number of carbonyl (C=O) groups is 1. The molecule has 118 valence electrons. The zero-order valence-corrected chi connectivity index (χ0v) is 14.2. The molecule has 0 amide bonds. The molecule has 0 aliphatic carbocycles. The fourth-order valence-electron chi connectivity index (χ4n) is 1.60. The van der Waals surface area contributed by atoms with Crippen LogP contribution in [0.5, 0.6) is 0 Å². The molecule has 0 saturated carbocycles. The Hall–Kier alpha value is -0.960. The Morgan fingerprint density at radius 2 is 2.00 bits per heavy atom. The smallest absolute Gasteiger partial charge is 0.335 e. The monoisotopic (exact) mass is 379 g/mol. The summed E-state index contributed by atoms with van der Waals surface area (Å²) < 4.78 is 27.3. The standard InChI is InChI=1S/C13H18BrNO5S/c1-13(2,5-6-16)8-15-21(19,20)11-7-9(12(17)18)3-4-10(11)14/h3-4,7,15-16H,5-6,8H2,1-2H3,(H,17,18). The number of carboxylic acids is 1. The van der Waals surface area contributed by atoms with Crippen LogP contribution in [0.15, 0.2) is 27.6 Å². The molecule has 8 heteroatoms. The molecule has 0 unspecified atom stereocenters. The van der Waals surface area contributed by atoms with Crippen molar-refractivity contribution in [2.75, 3.05) is 13.2 Å². The lowest BCUT2D eigenvalue weighted by Crippen LogP contribution is -2.34. The van der Waals surface area contributed by atoms with Gasteiger partial charge in [-0.1, -0.05) is 13.8 Å². The molecule has 6 nitrogen and oxygen atoms in total. The number of aliphatic hydroxyl groups excluding tert-OH is 1. The summed E-state index contributed by atoms with van der Waals surface area (Å²) in [5, 5.41) is 17.9. The van der Waals surface area contributed by atoms with E-state index in [4.69, 9.17) is 10.2 Å². The molecule has 0 radical (unpaired) electrons. The van der Waals surface area contributed by atoms with Crippen molar-refractivity contribution < 1.29 is 23.4 Å². The Morgan fingerprint density at radius 3 is 2.52 bits per heavy atom. The summed E-state index contributed by atoms with van der Waals surface area (Å²) >= 11 is 3.11. The van der Waals surface area contributed by atoms with Gasteiger partial charge in [-0.15, -0.1) is 0 Å². The maximum atomic E-state index is 12.3. The van der Waals surface area contributed by atoms with Crippen LogP contribution in [0.3, 0.4) is 0 Å². The minimum absolute atomic E-state index is 0.0348. The Labute approximate surface area is 132 Å². The summed E-state index contributed by atoms with van der Waals surface area (Å²) in [5.41, 5.74) is -0.508. The number of aliphatic hydroxyl groups is 1. The molecule has 1 rings (SSSR count). The first kappa shape index (κ1) is 18.1. The molecule has 0 spiro atoms. The fraction of sp³-hybridized carbons (Fsp3) is 0.462. The number of sulfonamides is 1. The first-order chi connectivity index (χ1) is 9.59. The number of carboxylic acid groups (broad SMARTS) is 1. The van der Waals surface area contributed by atoms with E-state index in [1.165, 1.54) is 12.1 Å². The van der Waals surface area contributed by atoms with E-state index in [0.29, 0.717) is 10.9 Å². The van der Waals surface area contributed by atoms with Gasteiger partial charge in [-0.25, -0.2) is 17.9 Å². The quantitative estimate of drug-likeness (QED) is 0.670. The van der Waals surface area contributed by atoms with Gasteiger partial charge >= 0.3 is 5.97 Å². The van der Waals surface area contributed by atoms with Gasteiger partial charge in [-0.2, -0.15) is 0 Å². The molecule has 0 aliphatic heterocycles. The molecule has 1 aromatic rings. The Bertz CT molecular complexity index is 627. The highest BCUT2D eigenvalue weighted by Gasteiger charge is 2.24. The second-order valence-corrected chi connectivity index (χ2v) is 8.00. The summed E-state index contributed by atoms with van der Waals surface area (Å²) in [6, 6.07) is 3.81. The molecule has 1 aromatic carbocycles. The lowest BCUT2D eigenvalue weighted by molar-refractivity contribution is 0.0696. The topological polar surface area (TPSA) is 104 Å². The third-order valence-electron chi connectivity index (χ3n) is 3.00. The minimum atomic E-state index is -3.84. The summed E-state index contributed by atoms with van der Waals surface area (Å²) in [6.45, 7) is 3.76. The lowest BCUT2D eigenvalue weighted by Gasteiger charge is -2.24. The van der Waals surface area contributed by atoms with Crippen LogP contribution < -0.4 is 4.72 Å². The Balaban J connectivity index is 3.03. The van der Waals surface area contributed by atoms with Crippen molar-refractivity contribution in [1.82, 2.24) is 4.72 Å².